The SMILES string of the molecule is Fc1cc(-c2ccccc2)ccc1OCCC1CCCCN1. The molecule has 3 heteroatoms. The molecule has 0 aromatic heterocycles. The monoisotopic (exact) mass is 299 g/mol. The fourth-order valence-corrected chi connectivity index (χ4v) is 2.91. The lowest BCUT2D eigenvalue weighted by atomic mass is 10.0. The van der Waals surface area contributed by atoms with Crippen molar-refractivity contribution in [2.45, 2.75) is 31.7 Å². The van der Waals surface area contributed by atoms with Gasteiger partial charge in [-0.3, -0.25) is 0 Å². The van der Waals surface area contributed by atoms with Crippen LogP contribution in [0.15, 0.2) is 48.5 Å². The van der Waals surface area contributed by atoms with Gasteiger partial charge in [0.1, 0.15) is 0 Å². The largest absolute Gasteiger partial charge is 0.490 e. The number of piperidine rings is 1. The first-order valence-corrected chi connectivity index (χ1v) is 8.04. The molecule has 1 aliphatic rings. The van der Waals surface area contributed by atoms with Crippen molar-refractivity contribution in [3.05, 3.63) is 54.3 Å². The highest BCUT2D eigenvalue weighted by Crippen LogP contribution is 2.25. The van der Waals surface area contributed by atoms with Crippen molar-refractivity contribution in [3.8, 4) is 16.9 Å². The molecule has 3 rings (SSSR count). The van der Waals surface area contributed by atoms with E-state index < -0.39 is 0 Å². The molecule has 0 spiro atoms. The molecule has 1 aliphatic heterocycles. The van der Waals surface area contributed by atoms with Crippen LogP contribution in [0.3, 0.4) is 0 Å². The Morgan fingerprint density at radius 1 is 1.05 bits per heavy atom. The first-order chi connectivity index (χ1) is 10.8. The highest BCUT2D eigenvalue weighted by atomic mass is 19.1. The van der Waals surface area contributed by atoms with Crippen LogP contribution in [0, 0.1) is 5.82 Å². The van der Waals surface area contributed by atoms with Gasteiger partial charge in [-0.15, -0.1) is 0 Å². The van der Waals surface area contributed by atoms with Crippen molar-refractivity contribution in [3.63, 3.8) is 0 Å². The molecule has 116 valence electrons. The quantitative estimate of drug-likeness (QED) is 0.883. The first kappa shape index (κ1) is 15.0. The molecular formula is C19H22FNO. The Balaban J connectivity index is 1.58. The number of hydrogen-bond acceptors (Lipinski definition) is 2. The van der Waals surface area contributed by atoms with E-state index in [0.717, 1.165) is 24.1 Å². The maximum Gasteiger partial charge on any atom is 0.165 e. The molecule has 0 radical (unpaired) electrons. The van der Waals surface area contributed by atoms with E-state index in [-0.39, 0.29) is 5.82 Å². The third kappa shape index (κ3) is 3.86. The molecule has 0 saturated carbocycles. The molecule has 1 N–H and O–H groups in total. The van der Waals surface area contributed by atoms with E-state index in [4.69, 9.17) is 4.74 Å². The van der Waals surface area contributed by atoms with Gasteiger partial charge in [0.25, 0.3) is 0 Å². The van der Waals surface area contributed by atoms with E-state index in [2.05, 4.69) is 5.32 Å². The van der Waals surface area contributed by atoms with Crippen molar-refractivity contribution in [1.82, 2.24) is 5.32 Å². The second-order valence-electron chi connectivity index (χ2n) is 5.80. The molecule has 1 heterocycles. The van der Waals surface area contributed by atoms with Gasteiger partial charge in [-0.25, -0.2) is 4.39 Å². The molecule has 1 atom stereocenters. The van der Waals surface area contributed by atoms with Gasteiger partial charge in [-0.05, 0) is 49.1 Å². The van der Waals surface area contributed by atoms with E-state index in [1.54, 1.807) is 12.1 Å². The molecule has 2 aromatic carbocycles. The molecular weight excluding hydrogens is 277 g/mol. The number of ether oxygens (including phenoxy) is 1. The highest BCUT2D eigenvalue weighted by molar-refractivity contribution is 5.64. The van der Waals surface area contributed by atoms with Crippen molar-refractivity contribution in [2.75, 3.05) is 13.2 Å². The molecule has 2 nitrogen and oxygen atoms in total. The van der Waals surface area contributed by atoms with E-state index in [1.165, 1.54) is 19.3 Å². The fourth-order valence-electron chi connectivity index (χ4n) is 2.91. The zero-order valence-corrected chi connectivity index (χ0v) is 12.7. The van der Waals surface area contributed by atoms with Gasteiger partial charge < -0.3 is 10.1 Å². The summed E-state index contributed by atoms with van der Waals surface area (Å²) in [4.78, 5) is 0. The van der Waals surface area contributed by atoms with Crippen LogP contribution in [-0.2, 0) is 0 Å². The van der Waals surface area contributed by atoms with E-state index in [9.17, 15) is 4.39 Å². The smallest absolute Gasteiger partial charge is 0.165 e. The molecule has 0 amide bonds. The van der Waals surface area contributed by atoms with Crippen LogP contribution in [0.4, 0.5) is 4.39 Å². The van der Waals surface area contributed by atoms with Gasteiger partial charge in [0.15, 0.2) is 11.6 Å². The summed E-state index contributed by atoms with van der Waals surface area (Å²) in [5.41, 5.74) is 1.89. The maximum atomic E-state index is 14.2. The average molecular weight is 299 g/mol. The van der Waals surface area contributed by atoms with Gasteiger partial charge in [0.05, 0.1) is 6.61 Å². The maximum absolute atomic E-state index is 14.2. The molecule has 2 aromatic rings. The molecule has 0 aliphatic carbocycles. The number of halogens is 1. The minimum Gasteiger partial charge on any atom is -0.490 e. The Kier molecular flexibility index (Phi) is 5.07. The highest BCUT2D eigenvalue weighted by Gasteiger charge is 2.13. The Hall–Kier alpha value is -1.87. The number of nitrogens with one attached hydrogen (secondary N) is 1. The summed E-state index contributed by atoms with van der Waals surface area (Å²) in [6.45, 7) is 1.64. The van der Waals surface area contributed by atoms with Gasteiger partial charge in [-0.1, -0.05) is 42.8 Å². The van der Waals surface area contributed by atoms with E-state index in [1.807, 2.05) is 36.4 Å². The molecule has 1 unspecified atom stereocenters. The minimum absolute atomic E-state index is 0.294. The van der Waals surface area contributed by atoms with Gasteiger partial charge in [-0.2, -0.15) is 0 Å². The zero-order chi connectivity index (χ0) is 15.2. The number of hydrogen-bond donors (Lipinski definition) is 1. The molecule has 0 bridgehead atoms. The van der Waals surface area contributed by atoms with Crippen molar-refractivity contribution < 1.29 is 9.13 Å². The van der Waals surface area contributed by atoms with Gasteiger partial charge >= 0.3 is 0 Å². The second kappa shape index (κ2) is 7.41. The van der Waals surface area contributed by atoms with Crippen LogP contribution in [0.2, 0.25) is 0 Å². The average Bonchev–Trinajstić information content (AvgIpc) is 2.58. The summed E-state index contributed by atoms with van der Waals surface area (Å²) < 4.78 is 19.8. The minimum atomic E-state index is -0.294. The fraction of sp³-hybridized carbons (Fsp3) is 0.368. The van der Waals surface area contributed by atoms with Crippen LogP contribution in [0.25, 0.3) is 11.1 Å². The Bertz CT molecular complexity index is 594. The molecule has 22 heavy (non-hydrogen) atoms. The summed E-state index contributed by atoms with van der Waals surface area (Å²) in [6, 6.07) is 15.5. The van der Waals surface area contributed by atoms with Crippen molar-refractivity contribution >= 4 is 0 Å². The summed E-state index contributed by atoms with van der Waals surface area (Å²) >= 11 is 0. The van der Waals surface area contributed by atoms with Crippen LogP contribution >= 0.6 is 0 Å². The summed E-state index contributed by atoms with van der Waals surface area (Å²) in [7, 11) is 0. The van der Waals surface area contributed by atoms with Crippen LogP contribution in [0.5, 0.6) is 5.75 Å². The Morgan fingerprint density at radius 3 is 2.64 bits per heavy atom. The second-order valence-corrected chi connectivity index (χ2v) is 5.80. The number of rotatable bonds is 5. The first-order valence-electron chi connectivity index (χ1n) is 8.04. The summed E-state index contributed by atoms with van der Waals surface area (Å²) in [6.07, 6.45) is 4.66. The Morgan fingerprint density at radius 2 is 1.91 bits per heavy atom. The lowest BCUT2D eigenvalue weighted by Crippen LogP contribution is -2.35. The normalized spacial score (nSPS) is 18.1. The van der Waals surface area contributed by atoms with E-state index in [0.29, 0.717) is 18.4 Å². The molecule has 1 fully saturated rings. The topological polar surface area (TPSA) is 21.3 Å². The van der Waals surface area contributed by atoms with E-state index >= 15 is 0 Å². The third-order valence-corrected chi connectivity index (χ3v) is 4.18. The summed E-state index contributed by atoms with van der Waals surface area (Å²) in [5, 5.41) is 3.48. The standard InChI is InChI=1S/C19H22FNO/c20-18-14-16(15-6-2-1-3-7-15)9-10-19(18)22-13-11-17-8-4-5-12-21-17/h1-3,6-7,9-10,14,17,21H,4-5,8,11-13H2. The summed E-state index contributed by atoms with van der Waals surface area (Å²) in [5.74, 6) is 0.0495. The van der Waals surface area contributed by atoms with Gasteiger partial charge in [0, 0.05) is 6.04 Å². The Labute approximate surface area is 131 Å². The zero-order valence-electron chi connectivity index (χ0n) is 12.7. The predicted molar refractivity (Wildman–Crippen MR) is 87.6 cm³/mol. The third-order valence-electron chi connectivity index (χ3n) is 4.18. The lowest BCUT2D eigenvalue weighted by Gasteiger charge is -2.23. The predicted octanol–water partition coefficient (Wildman–Crippen LogP) is 4.40. The van der Waals surface area contributed by atoms with Crippen LogP contribution in [0.1, 0.15) is 25.7 Å². The van der Waals surface area contributed by atoms with Gasteiger partial charge in [0.2, 0.25) is 0 Å². The number of benzene rings is 2. The lowest BCUT2D eigenvalue weighted by molar-refractivity contribution is 0.259. The molecule has 1 saturated heterocycles. The van der Waals surface area contributed by atoms with Crippen LogP contribution < -0.4 is 10.1 Å². The van der Waals surface area contributed by atoms with Crippen molar-refractivity contribution in [2.24, 2.45) is 0 Å². The van der Waals surface area contributed by atoms with Crippen LogP contribution in [-0.4, -0.2) is 19.2 Å². The van der Waals surface area contributed by atoms with Crippen molar-refractivity contribution in [1.29, 1.82) is 0 Å².